The Morgan fingerprint density at radius 1 is 1.20 bits per heavy atom. The lowest BCUT2D eigenvalue weighted by Gasteiger charge is -2.15. The monoisotopic (exact) mass is 434 g/mol. The number of nitrogen functional groups attached to an aromatic ring is 1. The first-order valence-corrected chi connectivity index (χ1v) is 10.3. The van der Waals surface area contributed by atoms with Crippen LogP contribution in [-0.4, -0.2) is 34.5 Å². The van der Waals surface area contributed by atoms with Crippen molar-refractivity contribution >= 4 is 33.7 Å². The Balaban J connectivity index is 1.28. The number of anilines is 1. The van der Waals surface area contributed by atoms with Gasteiger partial charge < -0.3 is 16.8 Å². The molecule has 0 saturated carbocycles. The second-order valence-corrected chi connectivity index (χ2v) is 8.40. The predicted molar refractivity (Wildman–Crippen MR) is 114 cm³/mol. The molecule has 10 heteroatoms. The molecule has 1 unspecified atom stereocenters. The van der Waals surface area contributed by atoms with E-state index in [1.807, 2.05) is 18.2 Å². The minimum atomic E-state index is -4.33. The molecule has 158 valence electrons. The van der Waals surface area contributed by atoms with Crippen molar-refractivity contribution in [2.24, 2.45) is 10.7 Å². The van der Waals surface area contributed by atoms with Crippen LogP contribution >= 0.6 is 11.8 Å². The average Bonchev–Trinajstić information content (AvgIpc) is 3.33. The molecule has 1 aliphatic rings. The Bertz CT molecular complexity index is 1060. The third-order valence-corrected chi connectivity index (χ3v) is 6.14. The number of benzene rings is 2. The Morgan fingerprint density at radius 3 is 2.70 bits per heavy atom. The molecule has 3 aromatic rings. The maximum atomic E-state index is 12.6. The van der Waals surface area contributed by atoms with E-state index >= 15 is 0 Å². The number of nitrogens with zero attached hydrogens (tertiary/aromatic N) is 2. The van der Waals surface area contributed by atoms with Gasteiger partial charge in [0.15, 0.2) is 11.0 Å². The van der Waals surface area contributed by atoms with Gasteiger partial charge in [0.2, 0.25) is 0 Å². The Kier molecular flexibility index (Phi) is 5.61. The third-order valence-electron chi connectivity index (χ3n) is 4.94. The smallest absolute Gasteiger partial charge is 0.382 e. The number of aromatic amines is 1. The first-order chi connectivity index (χ1) is 14.3. The van der Waals surface area contributed by atoms with Gasteiger partial charge in [-0.25, -0.2) is 0 Å². The van der Waals surface area contributed by atoms with Crippen molar-refractivity contribution in [2.45, 2.75) is 23.9 Å². The molecule has 30 heavy (non-hydrogen) atoms. The van der Waals surface area contributed by atoms with Crippen molar-refractivity contribution in [3.05, 3.63) is 59.2 Å². The van der Waals surface area contributed by atoms with Gasteiger partial charge in [0, 0.05) is 18.0 Å². The fourth-order valence-corrected chi connectivity index (χ4v) is 4.34. The molecule has 6 nitrogen and oxygen atoms in total. The fourth-order valence-electron chi connectivity index (χ4n) is 3.32. The van der Waals surface area contributed by atoms with Gasteiger partial charge >= 0.3 is 6.18 Å². The molecule has 0 fully saturated rings. The van der Waals surface area contributed by atoms with Gasteiger partial charge in [-0.05, 0) is 41.8 Å². The molecule has 2 heterocycles. The zero-order valence-corrected chi connectivity index (χ0v) is 16.7. The van der Waals surface area contributed by atoms with E-state index in [2.05, 4.69) is 20.5 Å². The molecule has 0 bridgehead atoms. The van der Waals surface area contributed by atoms with Crippen LogP contribution in [0, 0.1) is 0 Å². The van der Waals surface area contributed by atoms with Crippen LogP contribution in [0.4, 0.5) is 19.0 Å². The summed E-state index contributed by atoms with van der Waals surface area (Å²) in [5, 5.41) is 12.0. The average molecular weight is 434 g/mol. The number of amidine groups is 1. The Hall–Kier alpha value is -2.72. The number of nitrogens with two attached hydrogens (primary N) is 2. The van der Waals surface area contributed by atoms with Crippen molar-refractivity contribution in [3.63, 3.8) is 0 Å². The van der Waals surface area contributed by atoms with Crippen molar-refractivity contribution in [3.8, 4) is 0 Å². The SMILES string of the molecule is Nc1n[nH]c2ccc(C3CN=C(NC[C@@H](N)Cc4ccc(C(F)(F)F)cc4)S3)cc12. The summed E-state index contributed by atoms with van der Waals surface area (Å²) < 4.78 is 37.9. The van der Waals surface area contributed by atoms with E-state index in [4.69, 9.17) is 11.5 Å². The minimum absolute atomic E-state index is 0.178. The first-order valence-electron chi connectivity index (χ1n) is 9.40. The zero-order chi connectivity index (χ0) is 21.3. The molecule has 2 atom stereocenters. The predicted octanol–water partition coefficient (Wildman–Crippen LogP) is 3.47. The summed E-state index contributed by atoms with van der Waals surface area (Å²) in [5.74, 6) is 0.475. The molecule has 2 aromatic carbocycles. The summed E-state index contributed by atoms with van der Waals surface area (Å²) in [4.78, 5) is 4.53. The Labute approximate surface area is 175 Å². The number of hydrogen-bond donors (Lipinski definition) is 4. The molecule has 0 radical (unpaired) electrons. The number of fused-ring (bicyclic) bond motifs is 1. The fraction of sp³-hybridized carbons (Fsp3) is 0.300. The number of halogens is 3. The van der Waals surface area contributed by atoms with Crippen LogP contribution in [0.5, 0.6) is 0 Å². The van der Waals surface area contributed by atoms with Crippen LogP contribution in [-0.2, 0) is 12.6 Å². The summed E-state index contributed by atoms with van der Waals surface area (Å²) >= 11 is 1.62. The highest BCUT2D eigenvalue weighted by atomic mass is 32.2. The van der Waals surface area contributed by atoms with Crippen LogP contribution in [0.25, 0.3) is 10.9 Å². The Morgan fingerprint density at radius 2 is 1.97 bits per heavy atom. The van der Waals surface area contributed by atoms with Crippen molar-refractivity contribution < 1.29 is 13.2 Å². The number of H-pyrrole nitrogens is 1. The second-order valence-electron chi connectivity index (χ2n) is 7.21. The van der Waals surface area contributed by atoms with Crippen molar-refractivity contribution in [2.75, 3.05) is 18.8 Å². The van der Waals surface area contributed by atoms with E-state index in [0.29, 0.717) is 25.3 Å². The van der Waals surface area contributed by atoms with Gasteiger partial charge in [-0.2, -0.15) is 18.3 Å². The quantitative estimate of drug-likeness (QED) is 0.492. The van der Waals surface area contributed by atoms with Gasteiger partial charge in [-0.3, -0.25) is 10.1 Å². The molecule has 0 amide bonds. The van der Waals surface area contributed by atoms with Crippen molar-refractivity contribution in [1.82, 2.24) is 15.5 Å². The molecule has 0 aliphatic carbocycles. The van der Waals surface area contributed by atoms with Crippen LogP contribution in [0.3, 0.4) is 0 Å². The summed E-state index contributed by atoms with van der Waals surface area (Å²) in [6.07, 6.45) is -3.85. The number of nitrogens with one attached hydrogen (secondary N) is 2. The van der Waals surface area contributed by atoms with E-state index in [-0.39, 0.29) is 11.3 Å². The number of rotatable bonds is 5. The highest BCUT2D eigenvalue weighted by Crippen LogP contribution is 2.36. The summed E-state index contributed by atoms with van der Waals surface area (Å²) in [7, 11) is 0. The first kappa shape index (κ1) is 20.5. The standard InChI is InChI=1S/C20H21F3N6S/c21-20(22,23)13-4-1-11(2-5-13)7-14(24)9-26-19-27-10-17(30-19)12-3-6-16-15(8-12)18(25)29-28-16/h1-6,8,14,17H,7,9-10,24H2,(H,26,27)(H3,25,28,29)/t14-,17?/m0/s1. The molecule has 0 saturated heterocycles. The van der Waals surface area contributed by atoms with E-state index in [0.717, 1.165) is 39.3 Å². The van der Waals surface area contributed by atoms with Gasteiger partial charge in [0.25, 0.3) is 0 Å². The van der Waals surface area contributed by atoms with E-state index in [9.17, 15) is 13.2 Å². The molecule has 1 aromatic heterocycles. The zero-order valence-electron chi connectivity index (χ0n) is 15.9. The van der Waals surface area contributed by atoms with E-state index in [1.165, 1.54) is 12.1 Å². The van der Waals surface area contributed by atoms with Crippen LogP contribution < -0.4 is 16.8 Å². The number of aliphatic imine (C=N–C) groups is 1. The van der Waals surface area contributed by atoms with Gasteiger partial charge in [-0.1, -0.05) is 30.0 Å². The highest BCUT2D eigenvalue weighted by molar-refractivity contribution is 8.14. The topological polar surface area (TPSA) is 105 Å². The van der Waals surface area contributed by atoms with Crippen molar-refractivity contribution in [1.29, 1.82) is 0 Å². The van der Waals surface area contributed by atoms with Gasteiger partial charge in [-0.15, -0.1) is 0 Å². The van der Waals surface area contributed by atoms with Gasteiger partial charge in [0.05, 0.1) is 22.9 Å². The molecule has 0 spiro atoms. The molecule has 1 aliphatic heterocycles. The summed E-state index contributed by atoms with van der Waals surface area (Å²) in [6.45, 7) is 1.12. The lowest BCUT2D eigenvalue weighted by molar-refractivity contribution is -0.137. The lowest BCUT2D eigenvalue weighted by Crippen LogP contribution is -2.37. The number of alkyl halides is 3. The minimum Gasteiger partial charge on any atom is -0.382 e. The van der Waals surface area contributed by atoms with Crippen LogP contribution in [0.2, 0.25) is 0 Å². The number of aromatic nitrogens is 2. The summed E-state index contributed by atoms with van der Waals surface area (Å²) in [6, 6.07) is 10.9. The largest absolute Gasteiger partial charge is 0.416 e. The third kappa shape index (κ3) is 4.54. The number of thioether (sulfide) groups is 1. The maximum Gasteiger partial charge on any atom is 0.416 e. The molecular weight excluding hydrogens is 413 g/mol. The van der Waals surface area contributed by atoms with Gasteiger partial charge in [0.1, 0.15) is 0 Å². The molecular formula is C20H21F3N6S. The summed E-state index contributed by atoms with van der Waals surface area (Å²) in [5.41, 5.74) is 14.2. The molecule has 6 N–H and O–H groups in total. The highest BCUT2D eigenvalue weighted by Gasteiger charge is 2.30. The lowest BCUT2D eigenvalue weighted by atomic mass is 10.0. The maximum absolute atomic E-state index is 12.6. The second kappa shape index (κ2) is 8.19. The molecule has 4 rings (SSSR count). The van der Waals surface area contributed by atoms with E-state index < -0.39 is 11.7 Å². The van der Waals surface area contributed by atoms with Crippen LogP contribution in [0.15, 0.2) is 47.5 Å². The number of hydrogen-bond acceptors (Lipinski definition) is 6. The normalized spacial score (nSPS) is 17.9. The van der Waals surface area contributed by atoms with E-state index in [1.54, 1.807) is 11.8 Å². The van der Waals surface area contributed by atoms with Crippen LogP contribution in [0.1, 0.15) is 21.9 Å².